The Bertz CT molecular complexity index is 6850. The molecule has 19 aromatic rings. The summed E-state index contributed by atoms with van der Waals surface area (Å²) in [6.07, 6.45) is 0. The molecule has 4 aliphatic heterocycles. The Morgan fingerprint density at radius 1 is 0.223 bits per heavy atom. The Morgan fingerprint density at radius 3 is 1.12 bits per heavy atom. The van der Waals surface area contributed by atoms with Gasteiger partial charge in [-0.2, -0.15) is 0 Å². The van der Waals surface area contributed by atoms with Gasteiger partial charge >= 0.3 is 0 Å². The molecule has 2 aromatic heterocycles. The first-order chi connectivity index (χ1) is 55.6. The number of benzene rings is 17. The minimum absolute atomic E-state index is 0.263. The topological polar surface area (TPSA) is 19.4 Å². The molecule has 4 aliphatic rings. The molecule has 0 spiro atoms. The number of nitrogens with zero attached hydrogens (tertiary/aromatic N) is 6. The number of fused-ring (bicyclic) bond motifs is 14. The van der Waals surface area contributed by atoms with Crippen LogP contribution in [-0.4, -0.2) is 13.4 Å². The molecule has 0 saturated carbocycles. The first kappa shape index (κ1) is 64.1. The average Bonchev–Trinajstić information content (AvgIpc) is 0.817. The summed E-state index contributed by atoms with van der Waals surface area (Å²) in [6.45, 7) is -0.529. The van der Waals surface area contributed by atoms with Crippen LogP contribution in [-0.2, 0) is 0 Å². The maximum Gasteiger partial charge on any atom is 0.252 e. The zero-order chi connectivity index (χ0) is 73.5. The molecule has 23 rings (SSSR count). The van der Waals surface area contributed by atoms with Crippen molar-refractivity contribution in [2.75, 3.05) is 29.4 Å². The summed E-state index contributed by atoms with van der Waals surface area (Å²) in [6, 6.07) is 150. The summed E-state index contributed by atoms with van der Waals surface area (Å²) in [7, 11) is 0. The molecule has 0 unspecified atom stereocenters. The highest BCUT2D eigenvalue weighted by molar-refractivity contribution is 7.26. The summed E-state index contributed by atoms with van der Waals surface area (Å²) < 4.78 is 5.02. The molecule has 0 amide bonds. The highest BCUT2D eigenvalue weighted by atomic mass is 32.1. The fourth-order valence-corrected chi connectivity index (χ4v) is 21.1. The molecule has 0 fully saturated rings. The van der Waals surface area contributed by atoms with Crippen LogP contribution in [0.2, 0.25) is 0 Å². The van der Waals surface area contributed by atoms with E-state index in [-0.39, 0.29) is 13.4 Å². The average molecular weight is 1460 g/mol. The van der Waals surface area contributed by atoms with Crippen molar-refractivity contribution >= 4 is 212 Å². The van der Waals surface area contributed by atoms with Gasteiger partial charge in [0.2, 0.25) is 0 Å². The number of hydrogen-bond donors (Lipinski definition) is 0. The van der Waals surface area contributed by atoms with Gasteiger partial charge in [-0.05, 0) is 183 Å². The molecule has 522 valence electrons. The molecule has 0 N–H and O–H groups in total. The van der Waals surface area contributed by atoms with Crippen LogP contribution in [0.1, 0.15) is 0 Å². The van der Waals surface area contributed by atoms with Gasteiger partial charge in [0.1, 0.15) is 0 Å². The summed E-state index contributed by atoms with van der Waals surface area (Å²) in [5, 5.41) is 4.97. The first-order valence-electron chi connectivity index (χ1n) is 38.5. The third-order valence-corrected chi connectivity index (χ3v) is 25.6. The number of hydrogen-bond acceptors (Lipinski definition) is 8. The van der Waals surface area contributed by atoms with Crippen molar-refractivity contribution in [3.63, 3.8) is 0 Å². The Morgan fingerprint density at radius 2 is 0.589 bits per heavy atom. The Labute approximate surface area is 658 Å². The summed E-state index contributed by atoms with van der Waals surface area (Å²) in [5.41, 5.74) is 31.5. The predicted molar refractivity (Wildman–Crippen MR) is 481 cm³/mol. The molecule has 10 heteroatoms. The van der Waals surface area contributed by atoms with Crippen molar-refractivity contribution in [3.05, 3.63) is 400 Å². The van der Waals surface area contributed by atoms with Crippen LogP contribution in [0.5, 0.6) is 0 Å². The van der Waals surface area contributed by atoms with Gasteiger partial charge in [0.25, 0.3) is 13.4 Å². The third kappa shape index (κ3) is 9.92. The van der Waals surface area contributed by atoms with Crippen LogP contribution in [0.25, 0.3) is 62.6 Å². The molecule has 6 nitrogen and oxygen atoms in total. The number of rotatable bonds is 12. The molecular formula is C102H66B2N6S2. The zero-order valence-corrected chi connectivity index (χ0v) is 62.4. The van der Waals surface area contributed by atoms with E-state index in [9.17, 15) is 0 Å². The lowest BCUT2D eigenvalue weighted by Crippen LogP contribution is -2.65. The Balaban J connectivity index is 0.881. The van der Waals surface area contributed by atoms with E-state index >= 15 is 0 Å². The standard InChI is InChI=1S/C102H66B2N6S2/c1-8-33-67(34-9-1)76-49-30-50-77(68-35-10-2-11-36-68)102(76)110-89-66-88-82(65-83(89)103-80-51-24-26-53-84(80)107(72-43-18-6-19-44-72)90-61-74(62-93(110)101(90)103)105(69-37-12-3-13-38-69)70-39-14-4-15-40-70)104-81-52-25-27-54-85(81)109(87-56-32-60-97-99(87)79-48-23-29-58-95(79)112-97)92-64-75(63-91(100(92)104)108(88)73-45-20-7-21-46-73)106(71-41-16-5-17-42-71)86-55-31-59-96-98(86)78-47-22-28-57-94(78)111-96/h1-66H. The molecule has 112 heavy (non-hydrogen) atoms. The minimum atomic E-state index is -0.266. The second kappa shape index (κ2) is 25.9. The zero-order valence-electron chi connectivity index (χ0n) is 60.8. The van der Waals surface area contributed by atoms with Gasteiger partial charge in [0.15, 0.2) is 0 Å². The van der Waals surface area contributed by atoms with Crippen molar-refractivity contribution in [1.29, 1.82) is 0 Å². The second-order valence-corrected chi connectivity index (χ2v) is 31.5. The maximum atomic E-state index is 2.70. The molecule has 0 aliphatic carbocycles. The van der Waals surface area contributed by atoms with E-state index in [1.165, 1.54) is 73.1 Å². The van der Waals surface area contributed by atoms with E-state index < -0.39 is 0 Å². The molecular weight excluding hydrogens is 1390 g/mol. The Hall–Kier alpha value is -13.9. The van der Waals surface area contributed by atoms with E-state index in [4.69, 9.17) is 0 Å². The quantitative estimate of drug-likeness (QED) is 0.113. The fourth-order valence-electron chi connectivity index (χ4n) is 18.8. The van der Waals surface area contributed by atoms with E-state index in [2.05, 4.69) is 430 Å². The maximum absolute atomic E-state index is 2.70. The number of para-hydroxylation sites is 8. The van der Waals surface area contributed by atoms with Crippen LogP contribution in [0.15, 0.2) is 400 Å². The molecule has 0 radical (unpaired) electrons. The lowest BCUT2D eigenvalue weighted by atomic mass is 9.30. The predicted octanol–water partition coefficient (Wildman–Crippen LogP) is 24.9. The first-order valence-corrected chi connectivity index (χ1v) is 40.1. The van der Waals surface area contributed by atoms with Gasteiger partial charge in [-0.3, -0.25) is 0 Å². The third-order valence-electron chi connectivity index (χ3n) is 23.3. The van der Waals surface area contributed by atoms with Crippen molar-refractivity contribution in [2.45, 2.75) is 0 Å². The van der Waals surface area contributed by atoms with Gasteiger partial charge in [-0.15, -0.1) is 22.7 Å². The van der Waals surface area contributed by atoms with E-state index in [0.29, 0.717) is 0 Å². The van der Waals surface area contributed by atoms with E-state index in [0.717, 1.165) is 125 Å². The SMILES string of the molecule is c1ccc(-c2cccc(-c3ccccc3)c2N2c3cc4c(cc3B3c5ccccc5N(c5ccccc5)c5cc(N(c6ccccc6)c6ccccc6)cc2c53)B2c3ccccc3N(c3cccc5sc6ccccc6c35)c3cc(N(c5ccccc5)c5cccc6sc7ccccc7c56)cc(c32)N4c2ccccc2)cc1. The van der Waals surface area contributed by atoms with Crippen molar-refractivity contribution in [1.82, 2.24) is 0 Å². The van der Waals surface area contributed by atoms with Crippen LogP contribution < -0.4 is 62.2 Å². The van der Waals surface area contributed by atoms with Gasteiger partial charge in [-0.1, -0.05) is 261 Å². The molecule has 0 atom stereocenters. The highest BCUT2D eigenvalue weighted by Crippen LogP contribution is 2.57. The second-order valence-electron chi connectivity index (χ2n) is 29.4. The summed E-state index contributed by atoms with van der Waals surface area (Å²) in [4.78, 5) is 15.5. The van der Waals surface area contributed by atoms with Crippen LogP contribution in [0.4, 0.5) is 102 Å². The lowest BCUT2D eigenvalue weighted by Gasteiger charge is -2.48. The van der Waals surface area contributed by atoms with Gasteiger partial charge in [-0.25, -0.2) is 0 Å². The van der Waals surface area contributed by atoms with E-state index in [1.54, 1.807) is 0 Å². The number of anilines is 18. The highest BCUT2D eigenvalue weighted by Gasteiger charge is 2.50. The summed E-state index contributed by atoms with van der Waals surface area (Å²) in [5.74, 6) is 0. The number of thiophene rings is 2. The normalized spacial score (nSPS) is 12.9. The van der Waals surface area contributed by atoms with Crippen LogP contribution >= 0.6 is 22.7 Å². The van der Waals surface area contributed by atoms with Gasteiger partial charge < -0.3 is 29.4 Å². The minimum Gasteiger partial charge on any atom is -0.311 e. The lowest BCUT2D eigenvalue weighted by molar-refractivity contribution is 1.22. The van der Waals surface area contributed by atoms with Gasteiger partial charge in [0.05, 0.1) is 28.4 Å². The smallest absolute Gasteiger partial charge is 0.252 e. The molecule has 0 saturated heterocycles. The van der Waals surface area contributed by atoms with Crippen LogP contribution in [0.3, 0.4) is 0 Å². The van der Waals surface area contributed by atoms with Crippen molar-refractivity contribution in [2.24, 2.45) is 0 Å². The largest absolute Gasteiger partial charge is 0.311 e. The Kier molecular flexibility index (Phi) is 14.8. The summed E-state index contributed by atoms with van der Waals surface area (Å²) >= 11 is 3.73. The molecule has 6 heterocycles. The van der Waals surface area contributed by atoms with Crippen molar-refractivity contribution in [3.8, 4) is 22.3 Å². The van der Waals surface area contributed by atoms with E-state index in [1.807, 2.05) is 22.7 Å². The van der Waals surface area contributed by atoms with Gasteiger partial charge in [0, 0.05) is 125 Å². The molecule has 17 aromatic carbocycles. The molecule has 0 bridgehead atoms. The fraction of sp³-hybridized carbons (Fsp3) is 0. The van der Waals surface area contributed by atoms with Crippen LogP contribution in [0, 0.1) is 0 Å². The van der Waals surface area contributed by atoms with Crippen molar-refractivity contribution < 1.29 is 0 Å². The monoisotopic (exact) mass is 1460 g/mol.